The first kappa shape index (κ1) is 11.4. The van der Waals surface area contributed by atoms with Gasteiger partial charge < -0.3 is 9.88 Å². The summed E-state index contributed by atoms with van der Waals surface area (Å²) in [5, 5.41) is 8.10. The number of nitrogens with zero attached hydrogens (tertiary/aromatic N) is 6. The van der Waals surface area contributed by atoms with E-state index in [-0.39, 0.29) is 0 Å². The number of thiazole rings is 1. The molecule has 0 aliphatic rings. The third kappa shape index (κ3) is 1.45. The van der Waals surface area contributed by atoms with E-state index in [0.717, 1.165) is 32.3 Å². The van der Waals surface area contributed by atoms with Gasteiger partial charge in [0.2, 0.25) is 5.13 Å². The van der Waals surface area contributed by atoms with Crippen molar-refractivity contribution in [2.75, 3.05) is 12.4 Å². The summed E-state index contributed by atoms with van der Waals surface area (Å²) < 4.78 is 3.71. The number of hydrogen-bond donors (Lipinski definition) is 1. The normalized spacial score (nSPS) is 11.5. The maximum atomic E-state index is 4.66. The van der Waals surface area contributed by atoms with Crippen molar-refractivity contribution in [1.82, 2.24) is 29.3 Å². The van der Waals surface area contributed by atoms with Crippen LogP contribution in [0, 0.1) is 0 Å². The second kappa shape index (κ2) is 4.01. The van der Waals surface area contributed by atoms with Crippen molar-refractivity contribution < 1.29 is 0 Å². The second-order valence-corrected chi connectivity index (χ2v) is 5.32. The standard InChI is InChI=1S/C12H11N7S/c1-13-10-7-9(18(2)6-14-7)8-11(17-10)20-12(16-8)19-5-3-4-15-19/h3-6H,1-2H3,(H,13,17). The molecule has 100 valence electrons. The van der Waals surface area contributed by atoms with E-state index >= 15 is 0 Å². The maximum Gasteiger partial charge on any atom is 0.213 e. The molecule has 0 radical (unpaired) electrons. The Morgan fingerprint density at radius 3 is 2.90 bits per heavy atom. The topological polar surface area (TPSA) is 73.5 Å². The lowest BCUT2D eigenvalue weighted by Crippen LogP contribution is -1.95. The van der Waals surface area contributed by atoms with Crippen molar-refractivity contribution >= 4 is 38.5 Å². The van der Waals surface area contributed by atoms with E-state index in [1.807, 2.05) is 30.9 Å². The molecule has 0 saturated carbocycles. The monoisotopic (exact) mass is 285 g/mol. The van der Waals surface area contributed by atoms with Gasteiger partial charge in [-0.1, -0.05) is 11.3 Å². The molecule has 8 heteroatoms. The van der Waals surface area contributed by atoms with E-state index < -0.39 is 0 Å². The van der Waals surface area contributed by atoms with Gasteiger partial charge in [-0.3, -0.25) is 0 Å². The van der Waals surface area contributed by atoms with Gasteiger partial charge in [-0.25, -0.2) is 19.6 Å². The predicted octanol–water partition coefficient (Wildman–Crippen LogP) is 1.81. The third-order valence-corrected chi connectivity index (χ3v) is 4.07. The fraction of sp³-hybridized carbons (Fsp3) is 0.167. The zero-order chi connectivity index (χ0) is 13.7. The highest BCUT2D eigenvalue weighted by Gasteiger charge is 2.16. The van der Waals surface area contributed by atoms with Crippen LogP contribution in [0.1, 0.15) is 0 Å². The lowest BCUT2D eigenvalue weighted by atomic mass is 10.3. The highest BCUT2D eigenvalue weighted by Crippen LogP contribution is 2.31. The molecule has 0 amide bonds. The zero-order valence-corrected chi connectivity index (χ0v) is 11.7. The van der Waals surface area contributed by atoms with Crippen LogP contribution in [0.15, 0.2) is 24.8 Å². The summed E-state index contributed by atoms with van der Waals surface area (Å²) in [5.74, 6) is 0.767. The van der Waals surface area contributed by atoms with Gasteiger partial charge in [-0.05, 0) is 6.07 Å². The van der Waals surface area contributed by atoms with Crippen LogP contribution >= 0.6 is 11.3 Å². The summed E-state index contributed by atoms with van der Waals surface area (Å²) in [6.07, 6.45) is 5.38. The lowest BCUT2D eigenvalue weighted by Gasteiger charge is -2.01. The van der Waals surface area contributed by atoms with Gasteiger partial charge in [-0.15, -0.1) is 0 Å². The van der Waals surface area contributed by atoms with Crippen molar-refractivity contribution in [2.24, 2.45) is 7.05 Å². The largest absolute Gasteiger partial charge is 0.371 e. The minimum absolute atomic E-state index is 0.767. The van der Waals surface area contributed by atoms with Crippen molar-refractivity contribution in [3.8, 4) is 5.13 Å². The number of aromatic nitrogens is 6. The van der Waals surface area contributed by atoms with Crippen LogP contribution in [-0.2, 0) is 7.05 Å². The van der Waals surface area contributed by atoms with Gasteiger partial charge in [0.25, 0.3) is 0 Å². The van der Waals surface area contributed by atoms with Gasteiger partial charge in [0.15, 0.2) is 5.82 Å². The molecule has 0 saturated heterocycles. The van der Waals surface area contributed by atoms with Crippen LogP contribution in [0.2, 0.25) is 0 Å². The van der Waals surface area contributed by atoms with Crippen LogP contribution in [0.3, 0.4) is 0 Å². The number of fused-ring (bicyclic) bond motifs is 3. The molecule has 4 aromatic heterocycles. The Kier molecular flexibility index (Phi) is 2.27. The molecule has 4 heterocycles. The van der Waals surface area contributed by atoms with E-state index in [0.29, 0.717) is 0 Å². The highest BCUT2D eigenvalue weighted by atomic mass is 32.1. The molecule has 0 atom stereocenters. The number of imidazole rings is 1. The molecule has 0 aliphatic carbocycles. The predicted molar refractivity (Wildman–Crippen MR) is 78.4 cm³/mol. The van der Waals surface area contributed by atoms with Gasteiger partial charge >= 0.3 is 0 Å². The summed E-state index contributed by atoms with van der Waals surface area (Å²) in [4.78, 5) is 14.5. The summed E-state index contributed by atoms with van der Waals surface area (Å²) in [5.41, 5.74) is 2.67. The molecular weight excluding hydrogens is 274 g/mol. The SMILES string of the molecule is CNc1nc2sc(-n3cccn3)nc2c2c1ncn2C. The highest BCUT2D eigenvalue weighted by molar-refractivity contribution is 7.20. The van der Waals surface area contributed by atoms with E-state index in [9.17, 15) is 0 Å². The molecule has 0 bridgehead atoms. The van der Waals surface area contributed by atoms with Crippen LogP contribution in [0.5, 0.6) is 0 Å². The van der Waals surface area contributed by atoms with E-state index in [1.165, 1.54) is 11.3 Å². The first-order valence-electron chi connectivity index (χ1n) is 6.07. The first-order valence-corrected chi connectivity index (χ1v) is 6.89. The molecule has 7 nitrogen and oxygen atoms in total. The van der Waals surface area contributed by atoms with Gasteiger partial charge in [0.1, 0.15) is 21.4 Å². The molecule has 1 N–H and O–H groups in total. The van der Waals surface area contributed by atoms with Crippen molar-refractivity contribution in [3.05, 3.63) is 24.8 Å². The quantitative estimate of drug-likeness (QED) is 0.608. The van der Waals surface area contributed by atoms with Gasteiger partial charge in [0, 0.05) is 26.5 Å². The number of nitrogens with one attached hydrogen (secondary N) is 1. The Bertz CT molecular complexity index is 903. The van der Waals surface area contributed by atoms with Gasteiger partial charge in [-0.2, -0.15) is 5.10 Å². The van der Waals surface area contributed by atoms with E-state index in [2.05, 4.69) is 25.4 Å². The number of pyridine rings is 1. The average Bonchev–Trinajstić information content (AvgIpc) is 3.15. The fourth-order valence-corrected chi connectivity index (χ4v) is 3.11. The molecule has 0 aliphatic heterocycles. The molecule has 0 aromatic carbocycles. The Morgan fingerprint density at radius 2 is 2.15 bits per heavy atom. The Labute approximate surface area is 117 Å². The molecular formula is C12H11N7S. The first-order chi connectivity index (χ1) is 9.78. The van der Waals surface area contributed by atoms with Crippen molar-refractivity contribution in [2.45, 2.75) is 0 Å². The minimum atomic E-state index is 0.767. The zero-order valence-electron chi connectivity index (χ0n) is 10.9. The van der Waals surface area contributed by atoms with E-state index in [4.69, 9.17) is 0 Å². The minimum Gasteiger partial charge on any atom is -0.371 e. The lowest BCUT2D eigenvalue weighted by molar-refractivity contribution is 0.872. The number of aryl methyl sites for hydroxylation is 1. The summed E-state index contributed by atoms with van der Waals surface area (Å²) in [6.45, 7) is 0. The Morgan fingerprint density at radius 1 is 1.25 bits per heavy atom. The number of anilines is 1. The molecule has 0 spiro atoms. The summed E-state index contributed by atoms with van der Waals surface area (Å²) in [7, 11) is 3.80. The van der Waals surface area contributed by atoms with Crippen molar-refractivity contribution in [3.63, 3.8) is 0 Å². The van der Waals surface area contributed by atoms with E-state index in [1.54, 1.807) is 17.2 Å². The molecule has 20 heavy (non-hydrogen) atoms. The van der Waals surface area contributed by atoms with Crippen LogP contribution in [0.4, 0.5) is 5.82 Å². The van der Waals surface area contributed by atoms with Crippen LogP contribution < -0.4 is 5.32 Å². The Balaban J connectivity index is 2.11. The average molecular weight is 285 g/mol. The second-order valence-electron chi connectivity index (χ2n) is 4.36. The van der Waals surface area contributed by atoms with Crippen LogP contribution in [0.25, 0.3) is 26.5 Å². The number of rotatable bonds is 2. The maximum absolute atomic E-state index is 4.66. The number of hydrogen-bond acceptors (Lipinski definition) is 6. The van der Waals surface area contributed by atoms with Crippen LogP contribution in [-0.4, -0.2) is 36.3 Å². The summed E-state index contributed by atoms with van der Waals surface area (Å²) >= 11 is 1.51. The molecule has 4 rings (SSSR count). The summed E-state index contributed by atoms with van der Waals surface area (Å²) in [6, 6.07) is 1.87. The molecule has 4 aromatic rings. The smallest absolute Gasteiger partial charge is 0.213 e. The van der Waals surface area contributed by atoms with Crippen molar-refractivity contribution in [1.29, 1.82) is 0 Å². The molecule has 0 fully saturated rings. The Hall–Kier alpha value is -2.48. The van der Waals surface area contributed by atoms with Gasteiger partial charge in [0.05, 0.1) is 6.33 Å². The molecule has 0 unspecified atom stereocenters. The third-order valence-electron chi connectivity index (χ3n) is 3.13. The fourth-order valence-electron chi connectivity index (χ4n) is 2.22.